The molecule has 4 nitrogen and oxygen atoms in total. The molecule has 1 heterocycles. The Bertz CT molecular complexity index is 868. The van der Waals surface area contributed by atoms with Crippen molar-refractivity contribution in [2.75, 3.05) is 4.90 Å². The molecule has 25 heavy (non-hydrogen) atoms. The van der Waals surface area contributed by atoms with E-state index in [4.69, 9.17) is 4.74 Å². The van der Waals surface area contributed by atoms with E-state index in [9.17, 15) is 9.59 Å². The molecular formula is C21H15NO3. The zero-order valence-electron chi connectivity index (χ0n) is 13.3. The number of hydrogen-bond acceptors (Lipinski definition) is 3. The summed E-state index contributed by atoms with van der Waals surface area (Å²) in [5.74, 6) is -0.598. The number of benzene rings is 3. The van der Waals surface area contributed by atoms with Crippen molar-refractivity contribution >= 4 is 17.7 Å². The van der Waals surface area contributed by atoms with Crippen LogP contribution in [0.15, 0.2) is 91.0 Å². The van der Waals surface area contributed by atoms with Gasteiger partial charge in [0.15, 0.2) is 5.54 Å². The Labute approximate surface area is 145 Å². The number of carbonyl (C=O) groups excluding carboxylic acids is 2. The Morgan fingerprint density at radius 3 is 1.56 bits per heavy atom. The summed E-state index contributed by atoms with van der Waals surface area (Å²) in [5, 5.41) is 0. The van der Waals surface area contributed by atoms with Gasteiger partial charge in [0.05, 0.1) is 0 Å². The number of cyclic esters (lactones) is 2. The van der Waals surface area contributed by atoms with Gasteiger partial charge >= 0.3 is 12.1 Å². The summed E-state index contributed by atoms with van der Waals surface area (Å²) >= 11 is 0. The predicted octanol–water partition coefficient (Wildman–Crippen LogP) is 4.11. The normalized spacial score (nSPS) is 15.9. The molecule has 0 bridgehead atoms. The minimum Gasteiger partial charge on any atom is -0.374 e. The number of ether oxygens (including phenoxy) is 1. The largest absolute Gasteiger partial charge is 0.423 e. The number of esters is 1. The second-order valence-electron chi connectivity index (χ2n) is 5.77. The van der Waals surface area contributed by atoms with Crippen LogP contribution in [0.3, 0.4) is 0 Å². The molecular weight excluding hydrogens is 314 g/mol. The van der Waals surface area contributed by atoms with Crippen molar-refractivity contribution in [3.63, 3.8) is 0 Å². The van der Waals surface area contributed by atoms with Gasteiger partial charge in [0.2, 0.25) is 0 Å². The van der Waals surface area contributed by atoms with Crippen LogP contribution in [0, 0.1) is 0 Å². The average Bonchev–Trinajstić information content (AvgIpc) is 2.94. The van der Waals surface area contributed by atoms with Gasteiger partial charge in [-0.2, -0.15) is 0 Å². The number of rotatable bonds is 3. The smallest absolute Gasteiger partial charge is 0.374 e. The molecule has 1 aliphatic rings. The maximum absolute atomic E-state index is 13.0. The van der Waals surface area contributed by atoms with E-state index >= 15 is 0 Å². The molecule has 4 rings (SSSR count). The first-order chi connectivity index (χ1) is 12.2. The summed E-state index contributed by atoms with van der Waals surface area (Å²) in [7, 11) is 0. The van der Waals surface area contributed by atoms with Crippen molar-refractivity contribution in [3.8, 4) is 0 Å². The second-order valence-corrected chi connectivity index (χ2v) is 5.77. The van der Waals surface area contributed by atoms with Gasteiger partial charge < -0.3 is 4.74 Å². The lowest BCUT2D eigenvalue weighted by molar-refractivity contribution is -0.137. The summed E-state index contributed by atoms with van der Waals surface area (Å²) in [6.07, 6.45) is -0.677. The first-order valence-electron chi connectivity index (χ1n) is 7.97. The monoisotopic (exact) mass is 329 g/mol. The number of para-hydroxylation sites is 1. The van der Waals surface area contributed by atoms with Crippen molar-refractivity contribution < 1.29 is 14.3 Å². The van der Waals surface area contributed by atoms with Crippen LogP contribution in [0.1, 0.15) is 11.1 Å². The molecule has 0 atom stereocenters. The van der Waals surface area contributed by atoms with Crippen LogP contribution in [0.4, 0.5) is 10.5 Å². The van der Waals surface area contributed by atoms with E-state index in [0.717, 1.165) is 0 Å². The Balaban J connectivity index is 2.05. The molecule has 0 aromatic heterocycles. The first kappa shape index (κ1) is 15.1. The van der Waals surface area contributed by atoms with E-state index in [0.29, 0.717) is 16.8 Å². The lowest BCUT2D eigenvalue weighted by atomic mass is 9.81. The van der Waals surface area contributed by atoms with E-state index in [-0.39, 0.29) is 0 Å². The Kier molecular flexibility index (Phi) is 3.58. The van der Waals surface area contributed by atoms with Gasteiger partial charge in [-0.15, -0.1) is 0 Å². The van der Waals surface area contributed by atoms with Crippen LogP contribution in [0.5, 0.6) is 0 Å². The highest BCUT2D eigenvalue weighted by molar-refractivity contribution is 6.12. The third kappa shape index (κ3) is 2.22. The molecule has 1 amide bonds. The van der Waals surface area contributed by atoms with Gasteiger partial charge in [-0.1, -0.05) is 78.9 Å². The van der Waals surface area contributed by atoms with Crippen molar-refractivity contribution in [1.29, 1.82) is 0 Å². The second kappa shape index (κ2) is 5.91. The summed E-state index contributed by atoms with van der Waals surface area (Å²) in [6, 6.07) is 27.6. The van der Waals surface area contributed by atoms with Crippen molar-refractivity contribution in [2.45, 2.75) is 5.54 Å². The molecule has 0 aliphatic carbocycles. The Morgan fingerprint density at radius 1 is 0.640 bits per heavy atom. The van der Waals surface area contributed by atoms with Crippen LogP contribution >= 0.6 is 0 Å². The first-order valence-corrected chi connectivity index (χ1v) is 7.97. The third-order valence-corrected chi connectivity index (χ3v) is 4.39. The molecule has 0 unspecified atom stereocenters. The van der Waals surface area contributed by atoms with Gasteiger partial charge in [-0.3, -0.25) is 4.90 Å². The zero-order valence-corrected chi connectivity index (χ0v) is 13.3. The summed E-state index contributed by atoms with van der Waals surface area (Å²) in [4.78, 5) is 27.1. The fourth-order valence-corrected chi connectivity index (χ4v) is 3.32. The predicted molar refractivity (Wildman–Crippen MR) is 94.1 cm³/mol. The van der Waals surface area contributed by atoms with Gasteiger partial charge in [-0.05, 0) is 23.3 Å². The number of anilines is 1. The number of hydrogen-bond donors (Lipinski definition) is 0. The van der Waals surface area contributed by atoms with Crippen LogP contribution in [0.2, 0.25) is 0 Å². The summed E-state index contributed by atoms with van der Waals surface area (Å²) in [6.45, 7) is 0. The highest BCUT2D eigenvalue weighted by atomic mass is 16.6. The highest BCUT2D eigenvalue weighted by Gasteiger charge is 2.58. The van der Waals surface area contributed by atoms with Crippen LogP contribution in [-0.2, 0) is 15.1 Å². The highest BCUT2D eigenvalue weighted by Crippen LogP contribution is 2.44. The number of carbonyl (C=O) groups is 2. The number of amides is 1. The van der Waals surface area contributed by atoms with Gasteiger partial charge in [0.1, 0.15) is 0 Å². The molecule has 1 fully saturated rings. The third-order valence-electron chi connectivity index (χ3n) is 4.39. The van der Waals surface area contributed by atoms with E-state index in [2.05, 4.69) is 0 Å². The maximum atomic E-state index is 13.0. The molecule has 1 saturated heterocycles. The molecule has 4 heteroatoms. The lowest BCUT2D eigenvalue weighted by Gasteiger charge is -2.34. The Hall–Kier alpha value is -3.40. The maximum Gasteiger partial charge on any atom is 0.423 e. The minimum atomic E-state index is -1.35. The molecule has 0 spiro atoms. The fourth-order valence-electron chi connectivity index (χ4n) is 3.32. The van der Waals surface area contributed by atoms with Crippen molar-refractivity contribution in [3.05, 3.63) is 102 Å². The van der Waals surface area contributed by atoms with Gasteiger partial charge in [0, 0.05) is 5.69 Å². The molecule has 0 saturated carbocycles. The Morgan fingerprint density at radius 2 is 1.08 bits per heavy atom. The van der Waals surface area contributed by atoms with Crippen LogP contribution in [-0.4, -0.2) is 12.1 Å². The summed E-state index contributed by atoms with van der Waals surface area (Å²) < 4.78 is 5.10. The molecule has 122 valence electrons. The topological polar surface area (TPSA) is 46.6 Å². The minimum absolute atomic E-state index is 0.598. The summed E-state index contributed by atoms with van der Waals surface area (Å²) in [5.41, 5.74) is 0.619. The molecule has 0 N–H and O–H groups in total. The van der Waals surface area contributed by atoms with E-state index in [1.807, 2.05) is 78.9 Å². The van der Waals surface area contributed by atoms with E-state index in [1.165, 1.54) is 4.90 Å². The standard InChI is InChI=1S/C21H15NO3/c23-19-21(16-10-4-1-5-11-16,17-12-6-2-7-13-17)22(20(24)25-19)18-14-8-3-9-15-18/h1-15H. The SMILES string of the molecule is O=C1OC(=O)C(c2ccccc2)(c2ccccc2)N1c1ccccc1. The van der Waals surface area contributed by atoms with Gasteiger partial charge in [0.25, 0.3) is 0 Å². The van der Waals surface area contributed by atoms with Crippen molar-refractivity contribution in [2.24, 2.45) is 0 Å². The van der Waals surface area contributed by atoms with Crippen molar-refractivity contribution in [1.82, 2.24) is 0 Å². The zero-order chi connectivity index (χ0) is 17.3. The van der Waals surface area contributed by atoms with Crippen LogP contribution in [0.25, 0.3) is 0 Å². The fraction of sp³-hybridized carbons (Fsp3) is 0.0476. The molecule has 3 aromatic carbocycles. The average molecular weight is 329 g/mol. The quantitative estimate of drug-likeness (QED) is 0.536. The van der Waals surface area contributed by atoms with Gasteiger partial charge in [-0.25, -0.2) is 9.59 Å². The lowest BCUT2D eigenvalue weighted by Crippen LogP contribution is -2.48. The molecule has 1 aliphatic heterocycles. The van der Waals surface area contributed by atoms with E-state index < -0.39 is 17.6 Å². The molecule has 0 radical (unpaired) electrons. The number of nitrogens with zero attached hydrogens (tertiary/aromatic N) is 1. The van der Waals surface area contributed by atoms with Crippen LogP contribution < -0.4 is 4.90 Å². The van der Waals surface area contributed by atoms with E-state index in [1.54, 1.807) is 12.1 Å². The molecule has 3 aromatic rings.